The number of amides is 1. The van der Waals surface area contributed by atoms with Gasteiger partial charge in [0.25, 0.3) is 17.0 Å². The van der Waals surface area contributed by atoms with Crippen LogP contribution in [0.4, 0.5) is 5.69 Å². The molecule has 0 bridgehead atoms. The van der Waals surface area contributed by atoms with Crippen molar-refractivity contribution in [1.29, 1.82) is 0 Å². The fraction of sp³-hybridized carbons (Fsp3) is 0.182. The first-order valence-electron chi connectivity index (χ1n) is 9.22. The van der Waals surface area contributed by atoms with Crippen molar-refractivity contribution < 1.29 is 14.6 Å². The Morgan fingerprint density at radius 2 is 2.00 bits per heavy atom. The van der Waals surface area contributed by atoms with E-state index in [9.17, 15) is 9.90 Å². The molecule has 0 saturated heterocycles. The quantitative estimate of drug-likeness (QED) is 0.380. The third-order valence-corrected chi connectivity index (χ3v) is 5.69. The third kappa shape index (κ3) is 3.27. The molecule has 0 radical (unpaired) electrons. The van der Waals surface area contributed by atoms with E-state index in [2.05, 4.69) is 16.7 Å². The van der Waals surface area contributed by atoms with E-state index in [4.69, 9.17) is 0 Å². The Bertz CT molecular complexity index is 1120. The Balaban J connectivity index is 2.05. The molecule has 1 aliphatic rings. The van der Waals surface area contributed by atoms with Crippen LogP contribution in [-0.4, -0.2) is 21.7 Å². The number of rotatable bonds is 4. The van der Waals surface area contributed by atoms with Crippen molar-refractivity contribution in [3.8, 4) is 17.1 Å². The fourth-order valence-electron chi connectivity index (χ4n) is 3.63. The van der Waals surface area contributed by atoms with Gasteiger partial charge in [-0.1, -0.05) is 52.9 Å². The van der Waals surface area contributed by atoms with Gasteiger partial charge >= 0.3 is 0 Å². The summed E-state index contributed by atoms with van der Waals surface area (Å²) in [4.78, 5) is 18.6. The summed E-state index contributed by atoms with van der Waals surface area (Å²) in [7, 11) is 0. The topological polar surface area (TPSA) is 73.0 Å². The zero-order valence-corrected chi connectivity index (χ0v) is 17.0. The summed E-state index contributed by atoms with van der Waals surface area (Å²) in [6.07, 6.45) is 1.16. The molecular weight excluding hydrogens is 384 g/mol. The highest BCUT2D eigenvalue weighted by Gasteiger charge is 2.44. The van der Waals surface area contributed by atoms with Crippen LogP contribution >= 0.6 is 11.8 Å². The first-order valence-corrected chi connectivity index (χ1v) is 10.2. The molecule has 146 valence electrons. The molecular formula is C22H20N4O2S. The van der Waals surface area contributed by atoms with Crippen LogP contribution in [0.2, 0.25) is 0 Å². The van der Waals surface area contributed by atoms with Crippen molar-refractivity contribution in [2.75, 3.05) is 10.7 Å². The van der Waals surface area contributed by atoms with Crippen LogP contribution in [0, 0.1) is 6.92 Å². The van der Waals surface area contributed by atoms with E-state index in [1.54, 1.807) is 15.7 Å². The molecule has 0 N–H and O–H groups in total. The van der Waals surface area contributed by atoms with Gasteiger partial charge in [-0.15, -0.1) is 6.58 Å². The van der Waals surface area contributed by atoms with Gasteiger partial charge in [0, 0.05) is 23.3 Å². The van der Waals surface area contributed by atoms with E-state index >= 15 is 0 Å². The lowest BCUT2D eigenvalue weighted by atomic mass is 9.99. The van der Waals surface area contributed by atoms with Gasteiger partial charge in [0.2, 0.25) is 5.91 Å². The van der Waals surface area contributed by atoms with Gasteiger partial charge in [-0.3, -0.25) is 4.79 Å². The molecule has 1 amide bonds. The summed E-state index contributed by atoms with van der Waals surface area (Å²) in [5.74, 6) is 0.0943. The van der Waals surface area contributed by atoms with Gasteiger partial charge < -0.3 is 5.11 Å². The van der Waals surface area contributed by atoms with Gasteiger partial charge in [-0.2, -0.15) is 0 Å². The summed E-state index contributed by atoms with van der Waals surface area (Å²) in [5.41, 5.74) is 3.63. The molecule has 1 atom stereocenters. The van der Waals surface area contributed by atoms with Crippen LogP contribution in [0.1, 0.15) is 24.2 Å². The predicted molar refractivity (Wildman–Crippen MR) is 111 cm³/mol. The Morgan fingerprint density at radius 1 is 1.28 bits per heavy atom. The van der Waals surface area contributed by atoms with E-state index in [-0.39, 0.29) is 11.8 Å². The minimum absolute atomic E-state index is 0.129. The highest BCUT2D eigenvalue weighted by Crippen LogP contribution is 2.41. The summed E-state index contributed by atoms with van der Waals surface area (Å²) >= 11 is 1.34. The molecule has 2 heterocycles. The lowest BCUT2D eigenvalue weighted by molar-refractivity contribution is -0.764. The fourth-order valence-corrected chi connectivity index (χ4v) is 4.19. The minimum atomic E-state index is -0.572. The molecule has 0 aliphatic carbocycles. The molecule has 29 heavy (non-hydrogen) atoms. The molecule has 3 aromatic rings. The zero-order chi connectivity index (χ0) is 20.5. The number of anilines is 1. The van der Waals surface area contributed by atoms with Gasteiger partial charge in [0.15, 0.2) is 0 Å². The maximum atomic E-state index is 13.0. The van der Waals surface area contributed by atoms with E-state index in [0.717, 1.165) is 11.1 Å². The highest BCUT2D eigenvalue weighted by molar-refractivity contribution is 7.99. The number of carbonyl (C=O) groups excluding carboxylic acids is 1. The number of thioether (sulfide) groups is 1. The van der Waals surface area contributed by atoms with E-state index < -0.39 is 6.17 Å². The standard InChI is InChI=1S/C22H20N4O2S/c1-4-13-29-22-23-20(28)19-17-11-7-8-12-18(17)25(15(3)27)21(26(19)24-22)16-10-6-5-9-14(16)2/h4-12,21H,1,13H2,2-3H3. The number of fused-ring (bicyclic) bond motifs is 3. The molecule has 0 saturated carbocycles. The maximum absolute atomic E-state index is 13.0. The highest BCUT2D eigenvalue weighted by atomic mass is 32.2. The van der Waals surface area contributed by atoms with Gasteiger partial charge in [0.1, 0.15) is 0 Å². The summed E-state index contributed by atoms with van der Waals surface area (Å²) in [5, 5.41) is 18.1. The second-order valence-corrected chi connectivity index (χ2v) is 7.72. The average Bonchev–Trinajstić information content (AvgIpc) is 2.71. The number of hydrogen-bond donors (Lipinski definition) is 0. The third-order valence-electron chi connectivity index (χ3n) is 4.85. The number of para-hydroxylation sites is 1. The Labute approximate surface area is 173 Å². The molecule has 1 aliphatic heterocycles. The number of aromatic nitrogens is 3. The normalized spacial score (nSPS) is 14.8. The largest absolute Gasteiger partial charge is 0.854 e. The van der Waals surface area contributed by atoms with Crippen LogP contribution in [-0.2, 0) is 4.79 Å². The molecule has 0 spiro atoms. The second-order valence-electron chi connectivity index (χ2n) is 6.73. The Hall–Kier alpha value is -3.19. The van der Waals surface area contributed by atoms with E-state index in [1.807, 2.05) is 55.5 Å². The monoisotopic (exact) mass is 404 g/mol. The molecule has 7 heteroatoms. The van der Waals surface area contributed by atoms with E-state index in [1.165, 1.54) is 18.7 Å². The predicted octanol–water partition coefficient (Wildman–Crippen LogP) is 3.00. The molecule has 1 unspecified atom stereocenters. The van der Waals surface area contributed by atoms with E-state index in [0.29, 0.717) is 27.9 Å². The Kier molecular flexibility index (Phi) is 5.07. The van der Waals surface area contributed by atoms with Crippen molar-refractivity contribution in [3.63, 3.8) is 0 Å². The van der Waals surface area contributed by atoms with Crippen molar-refractivity contribution in [2.45, 2.75) is 25.2 Å². The molecule has 4 rings (SSSR count). The van der Waals surface area contributed by atoms with Crippen molar-refractivity contribution >= 4 is 23.4 Å². The van der Waals surface area contributed by atoms with Gasteiger partial charge in [0.05, 0.1) is 17.1 Å². The van der Waals surface area contributed by atoms with Crippen LogP contribution in [0.15, 0.2) is 66.3 Å². The molecule has 2 aromatic carbocycles. The minimum Gasteiger partial charge on any atom is -0.854 e. The molecule has 6 nitrogen and oxygen atoms in total. The maximum Gasteiger partial charge on any atom is 0.293 e. The SMILES string of the molecule is C=CCSc1nc([O-])c2[n+](n1)C(c1ccccc1C)N(C(C)=O)c1ccccc1-2. The summed E-state index contributed by atoms with van der Waals surface area (Å²) in [6, 6.07) is 15.2. The first-order chi connectivity index (χ1) is 14.0. The van der Waals surface area contributed by atoms with Crippen molar-refractivity contribution in [1.82, 2.24) is 10.1 Å². The number of nitrogens with zero attached hydrogens (tertiary/aromatic N) is 4. The van der Waals surface area contributed by atoms with Crippen molar-refractivity contribution in [2.24, 2.45) is 0 Å². The number of benzene rings is 2. The lowest BCUT2D eigenvalue weighted by Gasteiger charge is -2.33. The number of carbonyl (C=O) groups is 1. The average molecular weight is 404 g/mol. The van der Waals surface area contributed by atoms with Crippen molar-refractivity contribution in [3.05, 3.63) is 72.3 Å². The lowest BCUT2D eigenvalue weighted by Crippen LogP contribution is -2.59. The Morgan fingerprint density at radius 3 is 2.72 bits per heavy atom. The van der Waals surface area contributed by atoms with Gasteiger partial charge in [-0.05, 0) is 30.7 Å². The second kappa shape index (κ2) is 7.67. The number of hydrogen-bond acceptors (Lipinski definition) is 5. The van der Waals surface area contributed by atoms with Crippen LogP contribution in [0.25, 0.3) is 11.3 Å². The zero-order valence-electron chi connectivity index (χ0n) is 16.2. The van der Waals surface area contributed by atoms with Crippen LogP contribution in [0.3, 0.4) is 0 Å². The number of aryl methyl sites for hydroxylation is 1. The summed E-state index contributed by atoms with van der Waals surface area (Å²) in [6.45, 7) is 7.23. The van der Waals surface area contributed by atoms with Crippen LogP contribution in [0.5, 0.6) is 5.88 Å². The van der Waals surface area contributed by atoms with Crippen LogP contribution < -0.4 is 14.7 Å². The molecule has 1 aromatic heterocycles. The molecule has 0 fully saturated rings. The smallest absolute Gasteiger partial charge is 0.293 e. The first kappa shape index (κ1) is 19.1. The summed E-state index contributed by atoms with van der Waals surface area (Å²) < 4.78 is 1.65. The van der Waals surface area contributed by atoms with Gasteiger partial charge in [-0.25, -0.2) is 9.88 Å².